The SMILES string of the molecule is CC1=NN(SCC2=C(C(=O)O)N3C(=O)C(NC(=O)C(c4csc(N)n4)S(=O)(=O)O)[C@H]3SC2)CS1. The van der Waals surface area contributed by atoms with Gasteiger partial charge in [0.2, 0.25) is 11.2 Å². The monoisotopic (exact) mass is 566 g/mol. The molecule has 2 unspecified atom stereocenters. The van der Waals surface area contributed by atoms with Crippen LogP contribution in [0.5, 0.6) is 0 Å². The van der Waals surface area contributed by atoms with Crippen LogP contribution in [0.15, 0.2) is 21.8 Å². The molecule has 4 rings (SSSR count). The molecular formula is C16H18N6O7S5. The van der Waals surface area contributed by atoms with E-state index in [1.807, 2.05) is 6.92 Å². The van der Waals surface area contributed by atoms with Gasteiger partial charge in [-0.3, -0.25) is 19.0 Å². The van der Waals surface area contributed by atoms with E-state index in [1.165, 1.54) is 29.1 Å². The Bertz CT molecular complexity index is 1210. The number of nitrogen functional groups attached to an aromatic ring is 1. The normalized spacial score (nSPS) is 23.4. The Labute approximate surface area is 210 Å². The molecule has 13 nitrogen and oxygen atoms in total. The zero-order valence-electron chi connectivity index (χ0n) is 17.3. The van der Waals surface area contributed by atoms with Crippen LogP contribution in [0.1, 0.15) is 17.9 Å². The van der Waals surface area contributed by atoms with Crippen LogP contribution in [-0.2, 0) is 24.5 Å². The number of rotatable bonds is 8. The molecule has 184 valence electrons. The van der Waals surface area contributed by atoms with Gasteiger partial charge in [0.25, 0.3) is 16.0 Å². The minimum absolute atomic E-state index is 0.000179. The molecular weight excluding hydrogens is 549 g/mol. The van der Waals surface area contributed by atoms with Crippen molar-refractivity contribution in [1.29, 1.82) is 0 Å². The number of hydrogen-bond donors (Lipinski definition) is 4. The summed E-state index contributed by atoms with van der Waals surface area (Å²) in [6.07, 6.45) is 0. The number of β-lactam (4-membered cyclic amide) rings is 1. The number of carboxylic acids is 1. The smallest absolute Gasteiger partial charge is 0.352 e. The van der Waals surface area contributed by atoms with E-state index in [0.29, 0.717) is 23.0 Å². The summed E-state index contributed by atoms with van der Waals surface area (Å²) >= 11 is 5.03. The maximum absolute atomic E-state index is 12.8. The summed E-state index contributed by atoms with van der Waals surface area (Å²) in [5.74, 6) is -1.88. The van der Waals surface area contributed by atoms with Crippen molar-refractivity contribution in [1.82, 2.24) is 19.6 Å². The average Bonchev–Trinajstić information content (AvgIpc) is 3.36. The zero-order chi connectivity index (χ0) is 24.8. The molecule has 34 heavy (non-hydrogen) atoms. The van der Waals surface area contributed by atoms with Gasteiger partial charge in [0, 0.05) is 16.9 Å². The van der Waals surface area contributed by atoms with Crippen LogP contribution in [0.2, 0.25) is 0 Å². The van der Waals surface area contributed by atoms with E-state index in [9.17, 15) is 32.5 Å². The second-order valence-electron chi connectivity index (χ2n) is 7.18. The number of anilines is 1. The summed E-state index contributed by atoms with van der Waals surface area (Å²) in [7, 11) is -4.91. The third kappa shape index (κ3) is 4.87. The van der Waals surface area contributed by atoms with Crippen LogP contribution in [-0.4, -0.2) is 84.0 Å². The second kappa shape index (κ2) is 9.57. The lowest BCUT2D eigenvalue weighted by atomic mass is 10.0. The van der Waals surface area contributed by atoms with E-state index in [0.717, 1.165) is 21.3 Å². The van der Waals surface area contributed by atoms with Crippen LogP contribution in [0.4, 0.5) is 5.13 Å². The molecule has 0 spiro atoms. The molecule has 0 radical (unpaired) electrons. The lowest BCUT2D eigenvalue weighted by Gasteiger charge is -2.49. The highest BCUT2D eigenvalue weighted by atomic mass is 32.2. The molecule has 0 aliphatic carbocycles. The van der Waals surface area contributed by atoms with Gasteiger partial charge in [-0.05, 0) is 24.4 Å². The number of thiazole rings is 1. The van der Waals surface area contributed by atoms with Crippen molar-refractivity contribution in [2.24, 2.45) is 5.10 Å². The van der Waals surface area contributed by atoms with Gasteiger partial charge in [-0.1, -0.05) is 11.8 Å². The summed E-state index contributed by atoms with van der Waals surface area (Å²) in [6, 6.07) is -1.16. The number of nitrogens with zero attached hydrogens (tertiary/aromatic N) is 4. The van der Waals surface area contributed by atoms with Gasteiger partial charge in [0.1, 0.15) is 17.1 Å². The fourth-order valence-corrected chi connectivity index (χ4v) is 8.11. The van der Waals surface area contributed by atoms with Gasteiger partial charge in [-0.25, -0.2) is 14.2 Å². The summed E-state index contributed by atoms with van der Waals surface area (Å²) in [5.41, 5.74) is 5.61. The minimum atomic E-state index is -4.91. The van der Waals surface area contributed by atoms with Gasteiger partial charge in [0.15, 0.2) is 5.13 Å². The minimum Gasteiger partial charge on any atom is -0.477 e. The number of nitrogens with two attached hydrogens (primary N) is 1. The number of aromatic nitrogens is 1. The topological polar surface area (TPSA) is 196 Å². The number of carboxylic acid groups (broad SMARTS) is 1. The third-order valence-corrected chi connectivity index (χ3v) is 10.0. The number of hydrogen-bond acceptors (Lipinski definition) is 13. The van der Waals surface area contributed by atoms with Gasteiger partial charge in [-0.2, -0.15) is 13.5 Å². The molecule has 3 aliphatic rings. The first-order valence-corrected chi connectivity index (χ1v) is 14.8. The van der Waals surface area contributed by atoms with Crippen molar-refractivity contribution in [2.45, 2.75) is 23.6 Å². The van der Waals surface area contributed by atoms with Crippen LogP contribution >= 0.6 is 46.8 Å². The molecule has 1 saturated heterocycles. The van der Waals surface area contributed by atoms with Crippen molar-refractivity contribution < 1.29 is 32.5 Å². The number of amides is 2. The molecule has 3 atom stereocenters. The van der Waals surface area contributed by atoms with E-state index in [4.69, 9.17) is 5.73 Å². The first-order chi connectivity index (χ1) is 16.0. The molecule has 3 aliphatic heterocycles. The Morgan fingerprint density at radius 1 is 1.44 bits per heavy atom. The molecule has 1 fully saturated rings. The summed E-state index contributed by atoms with van der Waals surface area (Å²) in [5, 5.41) is 15.7. The van der Waals surface area contributed by atoms with Crippen LogP contribution in [0.3, 0.4) is 0 Å². The van der Waals surface area contributed by atoms with E-state index in [1.54, 1.807) is 16.2 Å². The van der Waals surface area contributed by atoms with Crippen molar-refractivity contribution in [2.75, 3.05) is 23.1 Å². The predicted octanol–water partition coefficient (Wildman–Crippen LogP) is 0.381. The van der Waals surface area contributed by atoms with Crippen LogP contribution < -0.4 is 11.1 Å². The molecule has 5 N–H and O–H groups in total. The average molecular weight is 567 g/mol. The standard InChI is InChI=1S/C16H18N6O7S5/c1-6-20-21(5-32-6)33-3-7-2-30-14-9(13(24)22(14)10(7)15(25)26)19-12(23)11(34(27,28)29)8-4-31-16(17)18-8/h4,9,11,14H,2-3,5H2,1H3,(H2,17,18)(H,19,23)(H,25,26)(H,27,28,29)/t9?,11?,14-/m1/s1. The van der Waals surface area contributed by atoms with Gasteiger partial charge in [0.05, 0.1) is 16.6 Å². The van der Waals surface area contributed by atoms with E-state index >= 15 is 0 Å². The maximum atomic E-state index is 12.8. The van der Waals surface area contributed by atoms with Crippen LogP contribution in [0, 0.1) is 0 Å². The Balaban J connectivity index is 1.49. The first kappa shape index (κ1) is 25.1. The number of carbonyl (C=O) groups excluding carboxylic acids is 2. The summed E-state index contributed by atoms with van der Waals surface area (Å²) in [4.78, 5) is 42.3. The van der Waals surface area contributed by atoms with Crippen molar-refractivity contribution >= 4 is 84.9 Å². The van der Waals surface area contributed by atoms with Crippen molar-refractivity contribution in [3.8, 4) is 0 Å². The number of hydrazone groups is 1. The predicted molar refractivity (Wildman–Crippen MR) is 130 cm³/mol. The third-order valence-electron chi connectivity index (χ3n) is 4.92. The zero-order valence-corrected chi connectivity index (χ0v) is 21.4. The van der Waals surface area contributed by atoms with Gasteiger partial charge < -0.3 is 16.2 Å². The Hall–Kier alpha value is -1.99. The van der Waals surface area contributed by atoms with Crippen molar-refractivity contribution in [3.05, 3.63) is 22.3 Å². The number of nitrogens with one attached hydrogen (secondary N) is 1. The highest BCUT2D eigenvalue weighted by molar-refractivity contribution is 8.14. The Kier molecular flexibility index (Phi) is 7.07. The van der Waals surface area contributed by atoms with Crippen LogP contribution in [0.25, 0.3) is 0 Å². The molecule has 2 amide bonds. The van der Waals surface area contributed by atoms with Gasteiger partial charge in [-0.15, -0.1) is 23.1 Å². The number of carbonyl (C=O) groups is 3. The first-order valence-electron chi connectivity index (χ1n) is 9.43. The second-order valence-corrected chi connectivity index (χ2v) is 12.8. The molecule has 4 heterocycles. The van der Waals surface area contributed by atoms with E-state index < -0.39 is 44.6 Å². The lowest BCUT2D eigenvalue weighted by molar-refractivity contribution is -0.150. The fraction of sp³-hybridized carbons (Fsp3) is 0.438. The highest BCUT2D eigenvalue weighted by Crippen LogP contribution is 2.42. The lowest BCUT2D eigenvalue weighted by Crippen LogP contribution is -2.71. The fourth-order valence-electron chi connectivity index (χ4n) is 3.45. The summed E-state index contributed by atoms with van der Waals surface area (Å²) < 4.78 is 35.0. The number of thioether (sulfide) groups is 2. The molecule has 1 aromatic rings. The maximum Gasteiger partial charge on any atom is 0.352 e. The quantitative estimate of drug-likeness (QED) is 0.192. The Morgan fingerprint density at radius 2 is 2.18 bits per heavy atom. The molecule has 0 bridgehead atoms. The highest BCUT2D eigenvalue weighted by Gasteiger charge is 2.55. The molecule has 0 saturated carbocycles. The summed E-state index contributed by atoms with van der Waals surface area (Å²) in [6.45, 7) is 1.87. The van der Waals surface area contributed by atoms with E-state index in [-0.39, 0.29) is 16.5 Å². The number of aliphatic carboxylic acids is 1. The molecule has 1 aromatic heterocycles. The van der Waals surface area contributed by atoms with Gasteiger partial charge >= 0.3 is 5.97 Å². The number of fused-ring (bicyclic) bond motifs is 1. The van der Waals surface area contributed by atoms with Crippen molar-refractivity contribution in [3.63, 3.8) is 0 Å². The molecule has 18 heteroatoms. The van der Waals surface area contributed by atoms with E-state index in [2.05, 4.69) is 15.4 Å². The largest absolute Gasteiger partial charge is 0.477 e. The Morgan fingerprint density at radius 3 is 2.74 bits per heavy atom. The molecule has 0 aromatic carbocycles.